The topological polar surface area (TPSA) is 68.0 Å². The highest BCUT2D eigenvalue weighted by Crippen LogP contribution is 2.25. The van der Waals surface area contributed by atoms with Crippen LogP contribution in [0.15, 0.2) is 36.4 Å². The maximum absolute atomic E-state index is 5.55. The van der Waals surface area contributed by atoms with Crippen LogP contribution in [0.5, 0.6) is 0 Å². The lowest BCUT2D eigenvalue weighted by Crippen LogP contribution is -2.39. The summed E-state index contributed by atoms with van der Waals surface area (Å²) in [4.78, 5) is 14.2. The predicted molar refractivity (Wildman–Crippen MR) is 119 cm³/mol. The van der Waals surface area contributed by atoms with Crippen LogP contribution in [-0.4, -0.2) is 72.2 Å². The summed E-state index contributed by atoms with van der Waals surface area (Å²) in [5, 5.41) is 4.84. The number of hydrogen-bond donors (Lipinski definition) is 0. The van der Waals surface area contributed by atoms with Gasteiger partial charge in [-0.15, -0.1) is 5.10 Å². The van der Waals surface area contributed by atoms with Crippen LogP contribution >= 0.6 is 0 Å². The van der Waals surface area contributed by atoms with Gasteiger partial charge in [-0.05, 0) is 13.3 Å². The molecule has 0 radical (unpaired) electrons. The first kappa shape index (κ1) is 20.6. The minimum absolute atomic E-state index is 0.616. The molecule has 0 aliphatic carbocycles. The first-order valence-corrected chi connectivity index (χ1v) is 10.7. The Bertz CT molecular complexity index is 936. The third-order valence-electron chi connectivity index (χ3n) is 5.20. The lowest BCUT2D eigenvalue weighted by Gasteiger charge is -2.31. The Morgan fingerprint density at radius 3 is 2.40 bits per heavy atom. The van der Waals surface area contributed by atoms with Crippen LogP contribution in [0.4, 0.5) is 11.6 Å². The first-order valence-electron chi connectivity index (χ1n) is 10.7. The van der Waals surface area contributed by atoms with E-state index in [0.29, 0.717) is 24.8 Å². The minimum atomic E-state index is 0.616. The summed E-state index contributed by atoms with van der Waals surface area (Å²) in [5.74, 6) is 3.22. The molecule has 2 saturated heterocycles. The van der Waals surface area contributed by atoms with Crippen molar-refractivity contribution >= 4 is 23.0 Å². The molecule has 4 rings (SSSR count). The molecular formula is C22H30N6O2. The monoisotopic (exact) mass is 410 g/mol. The van der Waals surface area contributed by atoms with Gasteiger partial charge in [-0.1, -0.05) is 37.3 Å². The third-order valence-corrected chi connectivity index (χ3v) is 5.20. The minimum Gasteiger partial charge on any atom is -0.378 e. The van der Waals surface area contributed by atoms with E-state index in [-0.39, 0.29) is 0 Å². The predicted octanol–water partition coefficient (Wildman–Crippen LogP) is 2.72. The van der Waals surface area contributed by atoms with E-state index in [0.717, 1.165) is 63.0 Å². The summed E-state index contributed by atoms with van der Waals surface area (Å²) >= 11 is 0. The first-order chi connectivity index (χ1) is 14.8. The molecule has 30 heavy (non-hydrogen) atoms. The van der Waals surface area contributed by atoms with Gasteiger partial charge in [-0.3, -0.25) is 0 Å². The summed E-state index contributed by atoms with van der Waals surface area (Å²) in [6.45, 7) is 10.3. The number of aromatic nitrogens is 4. The molecule has 0 spiro atoms. The average Bonchev–Trinajstić information content (AvgIpc) is 3.23. The van der Waals surface area contributed by atoms with Gasteiger partial charge in [0.05, 0.1) is 26.4 Å². The Kier molecular flexibility index (Phi) is 6.76. The number of rotatable bonds is 6. The highest BCUT2D eigenvalue weighted by molar-refractivity contribution is 5.72. The molecular weight excluding hydrogens is 380 g/mol. The van der Waals surface area contributed by atoms with Crippen LogP contribution in [0, 0.1) is 0 Å². The fourth-order valence-electron chi connectivity index (χ4n) is 3.63. The van der Waals surface area contributed by atoms with Gasteiger partial charge in [0, 0.05) is 37.8 Å². The molecule has 0 unspecified atom stereocenters. The second kappa shape index (κ2) is 9.86. The quantitative estimate of drug-likeness (QED) is 0.678. The standard InChI is InChI=1S/C22H30N6O2/c1-3-5-6-8-18(7-4-2)21-24-22-23-19(26-9-13-29-14-10-26)17-20(28(22)25-21)27-11-15-30-16-12-27/h4-8,17H,3,9-16H2,1-2H3/b6-5+,7-4-,18-8+. The zero-order valence-electron chi connectivity index (χ0n) is 17.8. The molecule has 0 saturated carbocycles. The summed E-state index contributed by atoms with van der Waals surface area (Å²) in [6.07, 6.45) is 11.3. The zero-order valence-corrected chi connectivity index (χ0v) is 17.8. The molecule has 0 N–H and O–H groups in total. The van der Waals surface area contributed by atoms with Crippen molar-refractivity contribution in [1.29, 1.82) is 0 Å². The Morgan fingerprint density at radius 1 is 1.03 bits per heavy atom. The van der Waals surface area contributed by atoms with Gasteiger partial charge in [0.2, 0.25) is 0 Å². The van der Waals surface area contributed by atoms with Crippen molar-refractivity contribution in [2.24, 2.45) is 0 Å². The van der Waals surface area contributed by atoms with Crippen LogP contribution < -0.4 is 9.80 Å². The van der Waals surface area contributed by atoms with Crippen LogP contribution in [0.2, 0.25) is 0 Å². The molecule has 8 nitrogen and oxygen atoms in total. The molecule has 0 amide bonds. The molecule has 0 aromatic carbocycles. The molecule has 0 bridgehead atoms. The van der Waals surface area contributed by atoms with Crippen molar-refractivity contribution in [3.05, 3.63) is 42.3 Å². The van der Waals surface area contributed by atoms with E-state index in [4.69, 9.17) is 24.5 Å². The van der Waals surface area contributed by atoms with Crippen molar-refractivity contribution in [2.75, 3.05) is 62.4 Å². The van der Waals surface area contributed by atoms with Gasteiger partial charge in [-0.25, -0.2) is 0 Å². The van der Waals surface area contributed by atoms with E-state index in [9.17, 15) is 0 Å². The van der Waals surface area contributed by atoms with Crippen LogP contribution in [0.25, 0.3) is 11.4 Å². The summed E-state index contributed by atoms with van der Waals surface area (Å²) < 4.78 is 12.9. The fraction of sp³-hybridized carbons (Fsp3) is 0.500. The molecule has 2 aliphatic rings. The number of nitrogens with zero attached hydrogens (tertiary/aromatic N) is 6. The van der Waals surface area contributed by atoms with Crippen LogP contribution in [0.3, 0.4) is 0 Å². The zero-order chi connectivity index (χ0) is 20.8. The van der Waals surface area contributed by atoms with Crippen molar-refractivity contribution in [3.8, 4) is 0 Å². The van der Waals surface area contributed by atoms with Crippen LogP contribution in [0.1, 0.15) is 26.1 Å². The maximum atomic E-state index is 5.55. The number of fused-ring (bicyclic) bond motifs is 1. The van der Waals surface area contributed by atoms with Gasteiger partial charge in [0.25, 0.3) is 5.78 Å². The Balaban J connectivity index is 1.79. The van der Waals surface area contributed by atoms with E-state index >= 15 is 0 Å². The SMILES string of the molecule is C\C=C/C(=C\C=C\CC)c1nc2nc(N3CCOCC3)cc(N3CCOCC3)n2n1. The Labute approximate surface area is 177 Å². The number of anilines is 2. The van der Waals surface area contributed by atoms with Crippen LogP contribution in [-0.2, 0) is 9.47 Å². The normalized spacial score (nSPS) is 18.9. The van der Waals surface area contributed by atoms with Gasteiger partial charge >= 0.3 is 0 Å². The average molecular weight is 411 g/mol. The maximum Gasteiger partial charge on any atom is 0.256 e. The second-order valence-corrected chi connectivity index (χ2v) is 7.28. The molecule has 2 aromatic rings. The Hall–Kier alpha value is -2.71. The van der Waals surface area contributed by atoms with Crippen molar-refractivity contribution < 1.29 is 9.47 Å². The van der Waals surface area contributed by atoms with Gasteiger partial charge in [0.15, 0.2) is 5.82 Å². The van der Waals surface area contributed by atoms with E-state index in [1.165, 1.54) is 0 Å². The highest BCUT2D eigenvalue weighted by Gasteiger charge is 2.22. The lowest BCUT2D eigenvalue weighted by atomic mass is 10.2. The molecule has 2 fully saturated rings. The van der Waals surface area contributed by atoms with E-state index < -0.39 is 0 Å². The van der Waals surface area contributed by atoms with Gasteiger partial charge < -0.3 is 19.3 Å². The second-order valence-electron chi connectivity index (χ2n) is 7.28. The number of ether oxygens (including phenoxy) is 2. The van der Waals surface area contributed by atoms with Gasteiger partial charge in [-0.2, -0.15) is 14.5 Å². The molecule has 160 valence electrons. The summed E-state index contributed by atoms with van der Waals surface area (Å²) in [5.41, 5.74) is 0.966. The van der Waals surface area contributed by atoms with Crippen molar-refractivity contribution in [1.82, 2.24) is 19.6 Å². The van der Waals surface area contributed by atoms with Gasteiger partial charge in [0.1, 0.15) is 11.6 Å². The number of morpholine rings is 2. The summed E-state index contributed by atoms with van der Waals surface area (Å²) in [6, 6.07) is 2.12. The molecule has 8 heteroatoms. The molecule has 0 atom stereocenters. The van der Waals surface area contributed by atoms with Crippen molar-refractivity contribution in [3.63, 3.8) is 0 Å². The Morgan fingerprint density at radius 2 is 1.73 bits per heavy atom. The lowest BCUT2D eigenvalue weighted by molar-refractivity contribution is 0.121. The van der Waals surface area contributed by atoms with E-state index in [1.54, 1.807) is 0 Å². The molecule has 2 aromatic heterocycles. The van der Waals surface area contributed by atoms with E-state index in [2.05, 4.69) is 41.0 Å². The third kappa shape index (κ3) is 4.55. The smallest absolute Gasteiger partial charge is 0.256 e. The number of hydrogen-bond acceptors (Lipinski definition) is 7. The van der Waals surface area contributed by atoms with Crippen molar-refractivity contribution in [2.45, 2.75) is 20.3 Å². The summed E-state index contributed by atoms with van der Waals surface area (Å²) in [7, 11) is 0. The molecule has 4 heterocycles. The van der Waals surface area contributed by atoms with E-state index in [1.807, 2.05) is 23.6 Å². The number of allylic oxidation sites excluding steroid dienone is 6. The largest absolute Gasteiger partial charge is 0.378 e. The highest BCUT2D eigenvalue weighted by atomic mass is 16.5. The fourth-order valence-corrected chi connectivity index (χ4v) is 3.63. The molecule has 2 aliphatic heterocycles.